The number of rotatable bonds is 4. The topological polar surface area (TPSA) is 71.2 Å². The van der Waals surface area contributed by atoms with Gasteiger partial charge >= 0.3 is 0 Å². The van der Waals surface area contributed by atoms with Gasteiger partial charge in [0.05, 0.1) is 11.2 Å². The van der Waals surface area contributed by atoms with Gasteiger partial charge in [-0.25, -0.2) is 4.98 Å². The van der Waals surface area contributed by atoms with Crippen LogP contribution in [-0.4, -0.2) is 28.7 Å². The zero-order chi connectivity index (χ0) is 21.5. The van der Waals surface area contributed by atoms with Gasteiger partial charge in [-0.15, -0.1) is 0 Å². The standard InChI is InChI=1S/C25H26N4O2/c1-16-15-29(11-10-23(16)31-20-5-3-4-18(12-20)17-6-7-17)22-13-24(30)28(2)21-9-8-19(14-26)27-25(21)22/h3-5,8-9,12-13,16-17,23H,6-7,10-11,15H2,1-2H3/t16-,23-/m1/s1. The van der Waals surface area contributed by atoms with Crippen LogP contribution in [0.3, 0.4) is 0 Å². The van der Waals surface area contributed by atoms with Crippen molar-refractivity contribution in [3.8, 4) is 11.8 Å². The molecule has 1 aromatic carbocycles. The molecular weight excluding hydrogens is 388 g/mol. The van der Waals surface area contributed by atoms with Crippen LogP contribution in [0.2, 0.25) is 0 Å². The van der Waals surface area contributed by atoms with Gasteiger partial charge in [0.25, 0.3) is 5.56 Å². The lowest BCUT2D eigenvalue weighted by molar-refractivity contribution is 0.121. The molecule has 1 aliphatic heterocycles. The van der Waals surface area contributed by atoms with Crippen molar-refractivity contribution in [1.29, 1.82) is 5.26 Å². The van der Waals surface area contributed by atoms with Crippen LogP contribution >= 0.6 is 0 Å². The van der Waals surface area contributed by atoms with E-state index >= 15 is 0 Å². The number of hydrogen-bond acceptors (Lipinski definition) is 5. The number of piperidine rings is 1. The molecule has 1 aliphatic carbocycles. The van der Waals surface area contributed by atoms with Gasteiger partial charge in [-0.1, -0.05) is 19.1 Å². The van der Waals surface area contributed by atoms with Gasteiger partial charge in [0.1, 0.15) is 29.1 Å². The van der Waals surface area contributed by atoms with Crippen molar-refractivity contribution in [2.45, 2.75) is 38.2 Å². The van der Waals surface area contributed by atoms with Gasteiger partial charge in [0, 0.05) is 38.5 Å². The van der Waals surface area contributed by atoms with Gasteiger partial charge in [-0.2, -0.15) is 5.26 Å². The molecule has 6 nitrogen and oxygen atoms in total. The summed E-state index contributed by atoms with van der Waals surface area (Å²) in [6.07, 6.45) is 3.56. The van der Waals surface area contributed by atoms with Gasteiger partial charge < -0.3 is 14.2 Å². The van der Waals surface area contributed by atoms with Crippen LogP contribution in [0.1, 0.15) is 43.4 Å². The Morgan fingerprint density at radius 2 is 2.00 bits per heavy atom. The van der Waals surface area contributed by atoms with Gasteiger partial charge in [0.2, 0.25) is 0 Å². The number of hydrogen-bond donors (Lipinski definition) is 0. The maximum Gasteiger partial charge on any atom is 0.252 e. The van der Waals surface area contributed by atoms with E-state index in [2.05, 4.69) is 41.1 Å². The SMILES string of the molecule is C[C@@H]1CN(c2cc(=O)n(C)c3ccc(C#N)nc23)CC[C@H]1Oc1cccc(C2CC2)c1. The molecule has 1 saturated heterocycles. The quantitative estimate of drug-likeness (QED) is 0.646. The number of nitriles is 1. The molecule has 0 radical (unpaired) electrons. The minimum absolute atomic E-state index is 0.0723. The second-order valence-corrected chi connectivity index (χ2v) is 8.82. The van der Waals surface area contributed by atoms with E-state index in [4.69, 9.17) is 4.74 Å². The summed E-state index contributed by atoms with van der Waals surface area (Å²) in [6, 6.07) is 15.7. The normalized spacial score (nSPS) is 21.1. The number of nitrogens with zero attached hydrogens (tertiary/aromatic N) is 4. The third kappa shape index (κ3) is 3.76. The first-order valence-electron chi connectivity index (χ1n) is 11.0. The molecule has 0 N–H and O–H groups in total. The minimum Gasteiger partial charge on any atom is -0.490 e. The third-order valence-corrected chi connectivity index (χ3v) is 6.54. The number of aromatic nitrogens is 2. The molecule has 1 saturated carbocycles. The van der Waals surface area contributed by atoms with E-state index in [0.29, 0.717) is 17.1 Å². The highest BCUT2D eigenvalue weighted by Gasteiger charge is 2.30. The van der Waals surface area contributed by atoms with Gasteiger partial charge in [-0.3, -0.25) is 4.79 Å². The Morgan fingerprint density at radius 3 is 2.74 bits per heavy atom. The summed E-state index contributed by atoms with van der Waals surface area (Å²) in [5, 5.41) is 9.29. The van der Waals surface area contributed by atoms with E-state index < -0.39 is 0 Å². The molecule has 0 bridgehead atoms. The predicted molar refractivity (Wildman–Crippen MR) is 121 cm³/mol. The number of pyridine rings is 2. The van der Waals surface area contributed by atoms with Crippen molar-refractivity contribution < 1.29 is 4.74 Å². The molecule has 0 spiro atoms. The second kappa shape index (κ2) is 7.73. The fourth-order valence-corrected chi connectivity index (χ4v) is 4.57. The first kappa shape index (κ1) is 19.6. The highest BCUT2D eigenvalue weighted by atomic mass is 16.5. The number of ether oxygens (including phenoxy) is 1. The Morgan fingerprint density at radius 1 is 1.16 bits per heavy atom. The Labute approximate surface area is 181 Å². The van der Waals surface area contributed by atoms with Gasteiger partial charge in [0.15, 0.2) is 0 Å². The zero-order valence-electron chi connectivity index (χ0n) is 17.9. The first-order chi connectivity index (χ1) is 15.0. The largest absolute Gasteiger partial charge is 0.490 e. The fourth-order valence-electron chi connectivity index (χ4n) is 4.57. The summed E-state index contributed by atoms with van der Waals surface area (Å²) in [5.41, 5.74) is 3.91. The predicted octanol–water partition coefficient (Wildman–Crippen LogP) is 3.98. The molecule has 2 atom stereocenters. The number of aryl methyl sites for hydroxylation is 1. The Hall–Kier alpha value is -3.33. The smallest absolute Gasteiger partial charge is 0.252 e. The van der Waals surface area contributed by atoms with Crippen LogP contribution in [0.15, 0.2) is 47.3 Å². The number of anilines is 1. The molecule has 2 aliphatic rings. The molecule has 0 unspecified atom stereocenters. The average molecular weight is 415 g/mol. The Bertz CT molecular complexity index is 1240. The molecular formula is C25H26N4O2. The average Bonchev–Trinajstić information content (AvgIpc) is 3.63. The summed E-state index contributed by atoms with van der Waals surface area (Å²) in [5.74, 6) is 1.95. The number of benzene rings is 1. The minimum atomic E-state index is -0.0723. The molecule has 5 rings (SSSR count). The highest BCUT2D eigenvalue weighted by Crippen LogP contribution is 2.41. The summed E-state index contributed by atoms with van der Waals surface area (Å²) in [4.78, 5) is 19.3. The lowest BCUT2D eigenvalue weighted by Crippen LogP contribution is -2.45. The highest BCUT2D eigenvalue weighted by molar-refractivity contribution is 5.88. The van der Waals surface area contributed by atoms with E-state index in [1.165, 1.54) is 18.4 Å². The van der Waals surface area contributed by atoms with Crippen molar-refractivity contribution in [3.05, 3.63) is 64.1 Å². The van der Waals surface area contributed by atoms with Crippen LogP contribution in [0.25, 0.3) is 11.0 Å². The van der Waals surface area contributed by atoms with Crippen LogP contribution < -0.4 is 15.2 Å². The molecule has 3 aromatic rings. The second-order valence-electron chi connectivity index (χ2n) is 8.82. The van der Waals surface area contributed by atoms with Crippen LogP contribution in [0.5, 0.6) is 5.75 Å². The Kier molecular flexibility index (Phi) is 4.90. The summed E-state index contributed by atoms with van der Waals surface area (Å²) in [6.45, 7) is 3.74. The molecule has 31 heavy (non-hydrogen) atoms. The summed E-state index contributed by atoms with van der Waals surface area (Å²) in [7, 11) is 1.74. The van der Waals surface area contributed by atoms with E-state index in [1.807, 2.05) is 6.07 Å². The maximum atomic E-state index is 12.5. The molecule has 2 fully saturated rings. The number of fused-ring (bicyclic) bond motifs is 1. The van der Waals surface area contributed by atoms with E-state index in [9.17, 15) is 10.1 Å². The summed E-state index contributed by atoms with van der Waals surface area (Å²) >= 11 is 0. The molecule has 0 amide bonds. The van der Waals surface area contributed by atoms with Crippen LogP contribution in [-0.2, 0) is 7.05 Å². The molecule has 3 heterocycles. The Balaban J connectivity index is 1.39. The van der Waals surface area contributed by atoms with Crippen LogP contribution in [0.4, 0.5) is 5.69 Å². The van der Waals surface area contributed by atoms with Crippen molar-refractivity contribution in [1.82, 2.24) is 9.55 Å². The van der Waals surface area contributed by atoms with E-state index in [0.717, 1.165) is 36.5 Å². The van der Waals surface area contributed by atoms with E-state index in [1.54, 1.807) is 29.8 Å². The lowest BCUT2D eigenvalue weighted by Gasteiger charge is -2.38. The maximum absolute atomic E-state index is 12.5. The fraction of sp³-hybridized carbons (Fsp3) is 0.400. The third-order valence-electron chi connectivity index (χ3n) is 6.54. The molecule has 158 valence electrons. The van der Waals surface area contributed by atoms with E-state index in [-0.39, 0.29) is 17.6 Å². The van der Waals surface area contributed by atoms with Crippen molar-refractivity contribution in [2.75, 3.05) is 18.0 Å². The molecule has 2 aromatic heterocycles. The first-order valence-corrected chi connectivity index (χ1v) is 11.0. The monoisotopic (exact) mass is 414 g/mol. The van der Waals surface area contributed by atoms with Crippen molar-refractivity contribution in [3.63, 3.8) is 0 Å². The van der Waals surface area contributed by atoms with Gasteiger partial charge in [-0.05, 0) is 48.6 Å². The van der Waals surface area contributed by atoms with Crippen molar-refractivity contribution in [2.24, 2.45) is 13.0 Å². The van der Waals surface area contributed by atoms with Crippen molar-refractivity contribution >= 4 is 16.7 Å². The zero-order valence-corrected chi connectivity index (χ0v) is 17.9. The summed E-state index contributed by atoms with van der Waals surface area (Å²) < 4.78 is 7.97. The molecule has 6 heteroatoms. The lowest BCUT2D eigenvalue weighted by atomic mass is 9.95. The van der Waals surface area contributed by atoms with Crippen LogP contribution in [0, 0.1) is 17.2 Å².